The normalized spacial score (nSPS) is 19.0. The van der Waals surface area contributed by atoms with Gasteiger partial charge in [0.05, 0.1) is 5.75 Å². The zero-order valence-corrected chi connectivity index (χ0v) is 19.9. The molecule has 0 saturated carbocycles. The van der Waals surface area contributed by atoms with Crippen LogP contribution in [0.3, 0.4) is 0 Å². The number of hydrogen-bond acceptors (Lipinski definition) is 5. The summed E-state index contributed by atoms with van der Waals surface area (Å²) >= 11 is 0. The number of amides is 2. The minimum absolute atomic E-state index is 0.0176. The molecule has 2 aliphatic heterocycles. The summed E-state index contributed by atoms with van der Waals surface area (Å²) in [6.07, 6.45) is 0.0376. The van der Waals surface area contributed by atoms with Crippen LogP contribution in [0.4, 0.5) is 4.79 Å². The molecule has 0 unspecified atom stereocenters. The van der Waals surface area contributed by atoms with Crippen LogP contribution in [0.25, 0.3) is 0 Å². The third-order valence-corrected chi connectivity index (χ3v) is 7.99. The van der Waals surface area contributed by atoms with E-state index in [0.717, 1.165) is 16.7 Å². The van der Waals surface area contributed by atoms with E-state index in [1.54, 1.807) is 6.07 Å². The van der Waals surface area contributed by atoms with Crippen molar-refractivity contribution in [3.63, 3.8) is 0 Å². The molecule has 0 bridgehead atoms. The number of sulfonamides is 1. The van der Waals surface area contributed by atoms with E-state index in [4.69, 9.17) is 5.11 Å². The molecule has 9 nitrogen and oxygen atoms in total. The van der Waals surface area contributed by atoms with Gasteiger partial charge in [-0.3, -0.25) is 9.79 Å². The summed E-state index contributed by atoms with van der Waals surface area (Å²) in [7, 11) is -3.47. The average molecular weight is 465 g/mol. The van der Waals surface area contributed by atoms with Crippen molar-refractivity contribution in [2.45, 2.75) is 59.0 Å². The molecule has 1 aromatic rings. The van der Waals surface area contributed by atoms with Crippen LogP contribution < -0.4 is 10.6 Å². The fourth-order valence-electron chi connectivity index (χ4n) is 4.04. The number of rotatable bonds is 6. The number of nitrogens with zero attached hydrogens (tertiary/aromatic N) is 2. The Kier molecular flexibility index (Phi) is 6.67. The third-order valence-electron chi connectivity index (χ3n) is 6.11. The Bertz CT molecular complexity index is 1030. The maximum Gasteiger partial charge on any atom is 0.404 e. The van der Waals surface area contributed by atoms with Crippen LogP contribution in [0.1, 0.15) is 50.3 Å². The number of benzene rings is 1. The number of carbonyl (C=O) groups is 2. The van der Waals surface area contributed by atoms with E-state index in [1.807, 2.05) is 39.8 Å². The second-order valence-electron chi connectivity index (χ2n) is 9.58. The molecular weight excluding hydrogens is 432 g/mol. The number of piperidine rings is 1. The molecule has 32 heavy (non-hydrogen) atoms. The van der Waals surface area contributed by atoms with Gasteiger partial charge in [-0.2, -0.15) is 0 Å². The minimum Gasteiger partial charge on any atom is -0.465 e. The summed E-state index contributed by atoms with van der Waals surface area (Å²) in [4.78, 5) is 27.9. The number of aliphatic imine (C=N–C) groups is 1. The van der Waals surface area contributed by atoms with Gasteiger partial charge >= 0.3 is 6.09 Å². The average Bonchev–Trinajstić information content (AvgIpc) is 3.02. The van der Waals surface area contributed by atoms with Crippen molar-refractivity contribution in [3.8, 4) is 0 Å². The minimum atomic E-state index is -3.47. The molecule has 2 heterocycles. The lowest BCUT2D eigenvalue weighted by Gasteiger charge is -2.34. The lowest BCUT2D eigenvalue weighted by Crippen LogP contribution is -2.51. The van der Waals surface area contributed by atoms with Gasteiger partial charge in [0.1, 0.15) is 11.4 Å². The molecule has 1 fully saturated rings. The van der Waals surface area contributed by atoms with Crippen LogP contribution >= 0.6 is 0 Å². The van der Waals surface area contributed by atoms with E-state index < -0.39 is 21.7 Å². The Morgan fingerprint density at radius 3 is 2.47 bits per heavy atom. The predicted molar refractivity (Wildman–Crippen MR) is 122 cm³/mol. The molecule has 0 atom stereocenters. The molecule has 1 aromatic carbocycles. The van der Waals surface area contributed by atoms with Crippen LogP contribution in [0.15, 0.2) is 23.2 Å². The number of hydrogen-bond donors (Lipinski definition) is 3. The van der Waals surface area contributed by atoms with E-state index in [-0.39, 0.29) is 36.7 Å². The standard InChI is InChI=1S/C22H32N4O5S/c1-15-13-16(14-23-20(28)29)5-6-17(15)7-12-32(30,31)26-10-8-22(9-11-26)19(27)24-18(25-22)21(2,3)4/h5-6,13,23H,7-12,14H2,1-4H3,(H,28,29)(H,24,25,27). The Morgan fingerprint density at radius 2 is 1.94 bits per heavy atom. The summed E-state index contributed by atoms with van der Waals surface area (Å²) in [6, 6.07) is 5.52. The highest BCUT2D eigenvalue weighted by atomic mass is 32.2. The number of carboxylic acid groups (broad SMARTS) is 1. The van der Waals surface area contributed by atoms with Crippen molar-refractivity contribution in [2.24, 2.45) is 10.4 Å². The van der Waals surface area contributed by atoms with Gasteiger partial charge in [-0.25, -0.2) is 17.5 Å². The first-order chi connectivity index (χ1) is 14.8. The highest BCUT2D eigenvalue weighted by Crippen LogP contribution is 2.34. The van der Waals surface area contributed by atoms with Crippen LogP contribution in [-0.2, 0) is 27.8 Å². The first kappa shape index (κ1) is 24.2. The summed E-state index contributed by atoms with van der Waals surface area (Å²) in [5.74, 6) is 0.514. The van der Waals surface area contributed by atoms with E-state index >= 15 is 0 Å². The zero-order chi connectivity index (χ0) is 23.7. The molecule has 3 N–H and O–H groups in total. The van der Waals surface area contributed by atoms with Crippen molar-refractivity contribution in [1.29, 1.82) is 0 Å². The molecule has 0 aliphatic carbocycles. The number of amidine groups is 1. The van der Waals surface area contributed by atoms with Gasteiger partial charge in [0, 0.05) is 25.0 Å². The Morgan fingerprint density at radius 1 is 1.28 bits per heavy atom. The van der Waals surface area contributed by atoms with E-state index in [1.165, 1.54) is 4.31 Å². The van der Waals surface area contributed by atoms with Crippen molar-refractivity contribution >= 4 is 27.9 Å². The van der Waals surface area contributed by atoms with Crippen molar-refractivity contribution in [3.05, 3.63) is 34.9 Å². The maximum absolute atomic E-state index is 12.9. The van der Waals surface area contributed by atoms with Gasteiger partial charge in [0.2, 0.25) is 10.0 Å². The Hall–Kier alpha value is -2.46. The van der Waals surface area contributed by atoms with Crippen LogP contribution in [0, 0.1) is 12.3 Å². The summed E-state index contributed by atoms with van der Waals surface area (Å²) in [5, 5.41) is 13.9. The fourth-order valence-corrected chi connectivity index (χ4v) is 5.51. The zero-order valence-electron chi connectivity index (χ0n) is 19.1. The van der Waals surface area contributed by atoms with E-state index in [2.05, 4.69) is 15.6 Å². The SMILES string of the molecule is Cc1cc(CNC(=O)O)ccc1CCS(=O)(=O)N1CCC2(CC1)N=C(C(C)(C)C)NC2=O. The van der Waals surface area contributed by atoms with Crippen LogP contribution in [0.2, 0.25) is 0 Å². The molecule has 0 radical (unpaired) electrons. The molecule has 2 amide bonds. The molecule has 176 valence electrons. The summed E-state index contributed by atoms with van der Waals surface area (Å²) < 4.78 is 27.3. The predicted octanol–water partition coefficient (Wildman–Crippen LogP) is 2.04. The Balaban J connectivity index is 1.60. The topological polar surface area (TPSA) is 128 Å². The number of aryl methyl sites for hydroxylation is 2. The van der Waals surface area contributed by atoms with Gasteiger partial charge in [-0.05, 0) is 42.9 Å². The lowest BCUT2D eigenvalue weighted by molar-refractivity contribution is -0.125. The van der Waals surface area contributed by atoms with Crippen molar-refractivity contribution in [1.82, 2.24) is 14.9 Å². The van der Waals surface area contributed by atoms with Gasteiger partial charge in [-0.1, -0.05) is 39.0 Å². The second kappa shape index (κ2) is 8.82. The van der Waals surface area contributed by atoms with Gasteiger partial charge in [0.25, 0.3) is 5.91 Å². The quantitative estimate of drug-likeness (QED) is 0.594. The first-order valence-corrected chi connectivity index (χ1v) is 12.4. The smallest absolute Gasteiger partial charge is 0.404 e. The van der Waals surface area contributed by atoms with Gasteiger partial charge < -0.3 is 15.7 Å². The fraction of sp³-hybridized carbons (Fsp3) is 0.591. The molecule has 1 saturated heterocycles. The highest BCUT2D eigenvalue weighted by molar-refractivity contribution is 7.89. The summed E-state index contributed by atoms with van der Waals surface area (Å²) in [6.45, 7) is 8.61. The largest absolute Gasteiger partial charge is 0.465 e. The van der Waals surface area contributed by atoms with E-state index in [9.17, 15) is 18.0 Å². The van der Waals surface area contributed by atoms with Crippen LogP contribution in [-0.4, -0.2) is 60.0 Å². The van der Waals surface area contributed by atoms with Gasteiger partial charge in [0.15, 0.2) is 0 Å². The third kappa shape index (κ3) is 5.29. The van der Waals surface area contributed by atoms with Gasteiger partial charge in [-0.15, -0.1) is 0 Å². The van der Waals surface area contributed by atoms with E-state index in [0.29, 0.717) is 25.1 Å². The second-order valence-corrected chi connectivity index (χ2v) is 11.7. The Labute approximate surface area is 189 Å². The molecule has 1 spiro atoms. The lowest BCUT2D eigenvalue weighted by atomic mass is 9.89. The number of carbonyl (C=O) groups excluding carboxylic acids is 1. The maximum atomic E-state index is 12.9. The number of nitrogens with one attached hydrogen (secondary N) is 2. The molecule has 10 heteroatoms. The van der Waals surface area contributed by atoms with Crippen molar-refractivity contribution < 1.29 is 23.1 Å². The van der Waals surface area contributed by atoms with Crippen molar-refractivity contribution in [2.75, 3.05) is 18.8 Å². The molecule has 0 aromatic heterocycles. The molecular formula is C22H32N4O5S. The molecule has 2 aliphatic rings. The van der Waals surface area contributed by atoms with Crippen LogP contribution in [0.5, 0.6) is 0 Å². The highest BCUT2D eigenvalue weighted by Gasteiger charge is 2.48. The summed E-state index contributed by atoms with van der Waals surface area (Å²) in [5.41, 5.74) is 1.54. The molecule has 3 rings (SSSR count). The monoisotopic (exact) mass is 464 g/mol. The first-order valence-electron chi connectivity index (χ1n) is 10.8.